The van der Waals surface area contributed by atoms with E-state index in [-0.39, 0.29) is 11.6 Å². The molecule has 8 nitrogen and oxygen atoms in total. The van der Waals surface area contributed by atoms with Crippen molar-refractivity contribution in [3.63, 3.8) is 0 Å². The molecule has 2 N–H and O–H groups in total. The normalized spacial score (nSPS) is 10.1. The second kappa shape index (κ2) is 5.71. The van der Waals surface area contributed by atoms with E-state index < -0.39 is 0 Å². The number of aromatic nitrogens is 4. The van der Waals surface area contributed by atoms with Crippen LogP contribution in [0.2, 0.25) is 0 Å². The van der Waals surface area contributed by atoms with Crippen LogP contribution < -0.4 is 10.6 Å². The zero-order chi connectivity index (χ0) is 12.8. The summed E-state index contributed by atoms with van der Waals surface area (Å²) >= 11 is 0. The summed E-state index contributed by atoms with van der Waals surface area (Å²) in [6, 6.07) is 3.29. The van der Waals surface area contributed by atoms with Gasteiger partial charge in [-0.3, -0.25) is 4.79 Å². The molecule has 0 bridgehead atoms. The van der Waals surface area contributed by atoms with Crippen molar-refractivity contribution in [2.75, 3.05) is 18.9 Å². The second-order valence-corrected chi connectivity index (χ2v) is 3.41. The highest BCUT2D eigenvalue weighted by Gasteiger charge is 2.05. The quantitative estimate of drug-likeness (QED) is 0.759. The first-order valence-corrected chi connectivity index (χ1v) is 5.34. The van der Waals surface area contributed by atoms with Gasteiger partial charge in [0.2, 0.25) is 6.39 Å². The predicted octanol–water partition coefficient (Wildman–Crippen LogP) is -0.126. The van der Waals surface area contributed by atoms with Crippen LogP contribution in [-0.4, -0.2) is 39.8 Å². The fourth-order valence-electron chi connectivity index (χ4n) is 1.28. The van der Waals surface area contributed by atoms with Gasteiger partial charge in [0.05, 0.1) is 0 Å². The lowest BCUT2D eigenvalue weighted by molar-refractivity contribution is 0.0957. The number of hydrogen-bond donors (Lipinski definition) is 2. The van der Waals surface area contributed by atoms with Crippen molar-refractivity contribution in [2.24, 2.45) is 0 Å². The Morgan fingerprint density at radius 3 is 2.89 bits per heavy atom. The molecule has 2 heterocycles. The Labute approximate surface area is 103 Å². The fraction of sp³-hybridized carbons (Fsp3) is 0.300. The van der Waals surface area contributed by atoms with Crippen molar-refractivity contribution in [2.45, 2.75) is 6.42 Å². The van der Waals surface area contributed by atoms with Crippen molar-refractivity contribution in [1.29, 1.82) is 0 Å². The van der Waals surface area contributed by atoms with E-state index in [4.69, 9.17) is 0 Å². The van der Waals surface area contributed by atoms with Gasteiger partial charge in [-0.15, -0.1) is 10.2 Å². The van der Waals surface area contributed by atoms with Gasteiger partial charge in [0.1, 0.15) is 5.82 Å². The van der Waals surface area contributed by atoms with Gasteiger partial charge in [0.25, 0.3) is 5.91 Å². The topological polar surface area (TPSA) is 106 Å². The van der Waals surface area contributed by atoms with Crippen molar-refractivity contribution in [3.8, 4) is 0 Å². The number of amides is 1. The number of carbonyl (C=O) groups excluding carboxylic acids is 1. The van der Waals surface area contributed by atoms with Gasteiger partial charge in [-0.1, -0.05) is 5.16 Å². The van der Waals surface area contributed by atoms with E-state index >= 15 is 0 Å². The first-order valence-electron chi connectivity index (χ1n) is 5.34. The number of nitrogens with zero attached hydrogens (tertiary/aromatic N) is 4. The summed E-state index contributed by atoms with van der Waals surface area (Å²) < 4.78 is 4.61. The summed E-state index contributed by atoms with van der Waals surface area (Å²) in [7, 11) is 1.54. The van der Waals surface area contributed by atoms with E-state index in [9.17, 15) is 4.79 Å². The number of rotatable bonds is 5. The van der Waals surface area contributed by atoms with E-state index in [0.29, 0.717) is 24.6 Å². The highest BCUT2D eigenvalue weighted by atomic mass is 16.5. The molecule has 8 heteroatoms. The van der Waals surface area contributed by atoms with Crippen molar-refractivity contribution in [3.05, 3.63) is 30.0 Å². The van der Waals surface area contributed by atoms with Crippen LogP contribution >= 0.6 is 0 Å². The third-order valence-electron chi connectivity index (χ3n) is 2.19. The molecule has 0 unspecified atom stereocenters. The molecule has 0 saturated heterocycles. The second-order valence-electron chi connectivity index (χ2n) is 3.41. The molecule has 0 spiro atoms. The van der Waals surface area contributed by atoms with Crippen LogP contribution in [0.3, 0.4) is 0 Å². The predicted molar refractivity (Wildman–Crippen MR) is 61.9 cm³/mol. The van der Waals surface area contributed by atoms with E-state index in [1.54, 1.807) is 19.2 Å². The van der Waals surface area contributed by atoms with Gasteiger partial charge in [0, 0.05) is 20.0 Å². The van der Waals surface area contributed by atoms with E-state index in [1.165, 1.54) is 6.39 Å². The summed E-state index contributed by atoms with van der Waals surface area (Å²) in [6.07, 6.45) is 1.91. The number of hydrogen-bond acceptors (Lipinski definition) is 7. The van der Waals surface area contributed by atoms with Crippen molar-refractivity contribution >= 4 is 11.7 Å². The Morgan fingerprint density at radius 2 is 2.28 bits per heavy atom. The van der Waals surface area contributed by atoms with Crippen LogP contribution in [0.5, 0.6) is 0 Å². The largest absolute Gasteiger partial charge is 0.368 e. The Morgan fingerprint density at radius 1 is 1.39 bits per heavy atom. The molecule has 18 heavy (non-hydrogen) atoms. The summed E-state index contributed by atoms with van der Waals surface area (Å²) in [5.74, 6) is 0.949. The minimum atomic E-state index is -0.263. The molecule has 0 aromatic carbocycles. The molecule has 0 fully saturated rings. The molecule has 0 aliphatic heterocycles. The average Bonchev–Trinajstić information content (AvgIpc) is 2.92. The molecular weight excluding hydrogens is 236 g/mol. The molecule has 2 aromatic rings. The number of nitrogens with one attached hydrogen (secondary N) is 2. The number of anilines is 1. The third-order valence-corrected chi connectivity index (χ3v) is 2.19. The van der Waals surface area contributed by atoms with Gasteiger partial charge in [0.15, 0.2) is 11.5 Å². The van der Waals surface area contributed by atoms with Gasteiger partial charge < -0.3 is 15.2 Å². The standard InChI is InChI=1S/C10H12N6O2/c1-11-10(17)7-2-3-8(15-14-7)12-5-4-9-13-6-18-16-9/h2-3,6H,4-5H2,1H3,(H,11,17)(H,12,15). The van der Waals surface area contributed by atoms with Gasteiger partial charge in [-0.05, 0) is 12.1 Å². The number of carbonyl (C=O) groups is 1. The monoisotopic (exact) mass is 248 g/mol. The minimum Gasteiger partial charge on any atom is -0.368 e. The zero-order valence-electron chi connectivity index (χ0n) is 9.75. The van der Waals surface area contributed by atoms with Gasteiger partial charge in [-0.25, -0.2) is 0 Å². The lowest BCUT2D eigenvalue weighted by Gasteiger charge is -2.03. The van der Waals surface area contributed by atoms with Crippen molar-refractivity contribution < 1.29 is 9.32 Å². The van der Waals surface area contributed by atoms with Crippen LogP contribution in [0.1, 0.15) is 16.3 Å². The lowest BCUT2D eigenvalue weighted by Crippen LogP contribution is -2.20. The van der Waals surface area contributed by atoms with Gasteiger partial charge in [-0.2, -0.15) is 4.98 Å². The fourth-order valence-corrected chi connectivity index (χ4v) is 1.28. The molecule has 0 saturated carbocycles. The first kappa shape index (κ1) is 12.0. The molecule has 0 radical (unpaired) electrons. The molecule has 0 aliphatic carbocycles. The minimum absolute atomic E-state index is 0.263. The van der Waals surface area contributed by atoms with Crippen LogP contribution in [0, 0.1) is 0 Å². The van der Waals surface area contributed by atoms with Crippen LogP contribution in [0.4, 0.5) is 5.82 Å². The summed E-state index contributed by atoms with van der Waals surface area (Å²) in [6.45, 7) is 0.605. The van der Waals surface area contributed by atoms with Crippen LogP contribution in [0.25, 0.3) is 0 Å². The molecule has 2 rings (SSSR count). The van der Waals surface area contributed by atoms with E-state index in [0.717, 1.165) is 0 Å². The van der Waals surface area contributed by atoms with E-state index in [2.05, 4.69) is 35.5 Å². The maximum Gasteiger partial charge on any atom is 0.271 e. The first-order chi connectivity index (χ1) is 8.79. The molecule has 0 atom stereocenters. The van der Waals surface area contributed by atoms with E-state index in [1.807, 2.05) is 0 Å². The Bertz CT molecular complexity index is 496. The Kier molecular flexibility index (Phi) is 3.79. The smallest absolute Gasteiger partial charge is 0.271 e. The van der Waals surface area contributed by atoms with Gasteiger partial charge >= 0.3 is 0 Å². The maximum atomic E-state index is 11.2. The molecule has 0 aliphatic rings. The van der Waals surface area contributed by atoms with Crippen LogP contribution in [-0.2, 0) is 6.42 Å². The van der Waals surface area contributed by atoms with Crippen molar-refractivity contribution in [1.82, 2.24) is 25.7 Å². The highest BCUT2D eigenvalue weighted by Crippen LogP contribution is 2.02. The summed E-state index contributed by atoms with van der Waals surface area (Å²) in [5, 5.41) is 16.9. The van der Waals surface area contributed by atoms with Crippen LogP contribution in [0.15, 0.2) is 23.0 Å². The Hall–Kier alpha value is -2.51. The molecule has 2 aromatic heterocycles. The summed E-state index contributed by atoms with van der Waals surface area (Å²) in [4.78, 5) is 15.1. The molecular formula is C10H12N6O2. The maximum absolute atomic E-state index is 11.2. The highest BCUT2D eigenvalue weighted by molar-refractivity contribution is 5.91. The lowest BCUT2D eigenvalue weighted by atomic mass is 10.3. The zero-order valence-corrected chi connectivity index (χ0v) is 9.75. The average molecular weight is 248 g/mol. The summed E-state index contributed by atoms with van der Waals surface area (Å²) in [5.41, 5.74) is 0.279. The molecule has 94 valence electrons. The Balaban J connectivity index is 1.85. The third kappa shape index (κ3) is 3.00. The molecule has 1 amide bonds. The SMILES string of the molecule is CNC(=O)c1ccc(NCCc2ncon2)nn1.